The van der Waals surface area contributed by atoms with E-state index in [-0.39, 0.29) is 0 Å². The largest absolute Gasteiger partial charge is 0.456 e. The maximum atomic E-state index is 6.72. The molecule has 0 saturated carbocycles. The summed E-state index contributed by atoms with van der Waals surface area (Å²) in [5.74, 6) is 1.89. The second-order valence-electron chi connectivity index (χ2n) is 15.5. The zero-order valence-corrected chi connectivity index (χ0v) is 33.5. The average molecular weight is 793 g/mol. The van der Waals surface area contributed by atoms with Crippen molar-refractivity contribution >= 4 is 43.7 Å². The van der Waals surface area contributed by atoms with Gasteiger partial charge < -0.3 is 8.98 Å². The number of fused-ring (bicyclic) bond motifs is 6. The van der Waals surface area contributed by atoms with Gasteiger partial charge in [-0.1, -0.05) is 176 Å². The summed E-state index contributed by atoms with van der Waals surface area (Å²) in [6, 6.07) is 76.3. The summed E-state index contributed by atoms with van der Waals surface area (Å²) < 4.78 is 9.13. The van der Waals surface area contributed by atoms with Gasteiger partial charge in [-0.25, -0.2) is 15.0 Å². The van der Waals surface area contributed by atoms with Crippen LogP contribution in [0.5, 0.6) is 0 Å². The summed E-state index contributed by atoms with van der Waals surface area (Å²) in [6.45, 7) is 0. The Morgan fingerprint density at radius 2 is 0.839 bits per heavy atom. The van der Waals surface area contributed by atoms with Crippen LogP contribution in [0.2, 0.25) is 0 Å². The second-order valence-corrected chi connectivity index (χ2v) is 15.5. The molecule has 5 heteroatoms. The molecule has 0 unspecified atom stereocenters. The van der Waals surface area contributed by atoms with E-state index in [9.17, 15) is 0 Å². The summed E-state index contributed by atoms with van der Waals surface area (Å²) in [6.07, 6.45) is 0. The third kappa shape index (κ3) is 5.98. The maximum Gasteiger partial charge on any atom is 0.164 e. The fraction of sp³-hybridized carbons (Fsp3) is 0. The van der Waals surface area contributed by atoms with E-state index in [4.69, 9.17) is 19.4 Å². The van der Waals surface area contributed by atoms with Crippen molar-refractivity contribution < 1.29 is 4.42 Å². The fourth-order valence-electron chi connectivity index (χ4n) is 9.04. The average Bonchev–Trinajstić information content (AvgIpc) is 3.90. The van der Waals surface area contributed by atoms with Gasteiger partial charge in [0.2, 0.25) is 0 Å². The standard InChI is InChI=1S/C57H36N4O/c1-4-17-37(18-5-1)55-58-56(38-19-6-2-7-20-38)60-57(59-55)41-22-14-21-39(35-41)40-33-34-49-52(36-40)62-51-32-16-28-46(53(49)51)43-25-10-11-26-44(43)47-29-15-30-48-45-27-12-13-31-50(45)61(54(47)48)42-23-8-3-9-24-42/h1-36H. The third-order valence-corrected chi connectivity index (χ3v) is 11.9. The zero-order valence-electron chi connectivity index (χ0n) is 33.5. The van der Waals surface area contributed by atoms with Crippen LogP contribution in [0.1, 0.15) is 0 Å². The Kier molecular flexibility index (Phi) is 8.42. The lowest BCUT2D eigenvalue weighted by Crippen LogP contribution is -2.00. The molecule has 5 nitrogen and oxygen atoms in total. The first-order valence-corrected chi connectivity index (χ1v) is 20.9. The lowest BCUT2D eigenvalue weighted by atomic mass is 9.90. The molecule has 0 radical (unpaired) electrons. The van der Waals surface area contributed by atoms with E-state index in [0.717, 1.165) is 72.1 Å². The lowest BCUT2D eigenvalue weighted by Gasteiger charge is -2.15. The Morgan fingerprint density at radius 1 is 0.323 bits per heavy atom. The highest BCUT2D eigenvalue weighted by atomic mass is 16.3. The van der Waals surface area contributed by atoms with Crippen molar-refractivity contribution in [2.75, 3.05) is 0 Å². The van der Waals surface area contributed by atoms with Crippen LogP contribution < -0.4 is 0 Å². The molecule has 3 aromatic heterocycles. The first-order chi connectivity index (χ1) is 30.7. The molecule has 0 spiro atoms. The van der Waals surface area contributed by atoms with Crippen LogP contribution in [0.25, 0.3) is 117 Å². The highest BCUT2D eigenvalue weighted by molar-refractivity contribution is 6.17. The van der Waals surface area contributed by atoms with Gasteiger partial charge in [0.1, 0.15) is 11.2 Å². The van der Waals surface area contributed by atoms with Crippen LogP contribution in [-0.2, 0) is 0 Å². The van der Waals surface area contributed by atoms with Gasteiger partial charge >= 0.3 is 0 Å². The van der Waals surface area contributed by atoms with Crippen molar-refractivity contribution in [3.63, 3.8) is 0 Å². The molecule has 290 valence electrons. The van der Waals surface area contributed by atoms with Crippen LogP contribution in [0.4, 0.5) is 0 Å². The molecule has 0 saturated heterocycles. The number of benzene rings is 9. The first-order valence-electron chi connectivity index (χ1n) is 20.9. The predicted molar refractivity (Wildman–Crippen MR) is 254 cm³/mol. The smallest absolute Gasteiger partial charge is 0.164 e. The van der Waals surface area contributed by atoms with E-state index >= 15 is 0 Å². The summed E-state index contributed by atoms with van der Waals surface area (Å²) in [4.78, 5) is 14.9. The summed E-state index contributed by atoms with van der Waals surface area (Å²) >= 11 is 0. The first kappa shape index (κ1) is 35.5. The van der Waals surface area contributed by atoms with E-state index in [1.165, 1.54) is 27.4 Å². The third-order valence-electron chi connectivity index (χ3n) is 11.9. The topological polar surface area (TPSA) is 56.7 Å². The van der Waals surface area contributed by atoms with Crippen molar-refractivity contribution in [2.24, 2.45) is 0 Å². The van der Waals surface area contributed by atoms with Crippen LogP contribution in [0.3, 0.4) is 0 Å². The highest BCUT2D eigenvalue weighted by Gasteiger charge is 2.21. The summed E-state index contributed by atoms with van der Waals surface area (Å²) in [5, 5.41) is 4.62. The normalized spacial score (nSPS) is 11.5. The number of aromatic nitrogens is 4. The minimum absolute atomic E-state index is 0.618. The Balaban J connectivity index is 0.977. The predicted octanol–water partition coefficient (Wildman–Crippen LogP) is 14.9. The molecule has 0 amide bonds. The Bertz CT molecular complexity index is 3570. The summed E-state index contributed by atoms with van der Waals surface area (Å²) in [5.41, 5.74) is 14.7. The Labute approximate surface area is 357 Å². The molecule has 12 rings (SSSR count). The fourth-order valence-corrected chi connectivity index (χ4v) is 9.04. The Morgan fingerprint density at radius 3 is 1.58 bits per heavy atom. The number of rotatable bonds is 7. The molecule has 62 heavy (non-hydrogen) atoms. The van der Waals surface area contributed by atoms with Crippen LogP contribution in [0, 0.1) is 0 Å². The number of hydrogen-bond acceptors (Lipinski definition) is 4. The van der Waals surface area contributed by atoms with Gasteiger partial charge in [0.25, 0.3) is 0 Å². The molecule has 0 aliphatic rings. The Hall–Kier alpha value is -8.41. The molecule has 0 aliphatic heterocycles. The van der Waals surface area contributed by atoms with E-state index in [1.807, 2.05) is 60.7 Å². The van der Waals surface area contributed by atoms with Crippen molar-refractivity contribution in [3.8, 4) is 73.2 Å². The molecule has 3 heterocycles. The quantitative estimate of drug-likeness (QED) is 0.161. The molecule has 0 bridgehead atoms. The van der Waals surface area contributed by atoms with Crippen molar-refractivity contribution in [1.82, 2.24) is 19.5 Å². The van der Waals surface area contributed by atoms with Gasteiger partial charge in [-0.15, -0.1) is 0 Å². The van der Waals surface area contributed by atoms with E-state index in [1.54, 1.807) is 0 Å². The van der Waals surface area contributed by atoms with Gasteiger partial charge in [0, 0.05) is 49.5 Å². The number of furan rings is 1. The van der Waals surface area contributed by atoms with Crippen LogP contribution >= 0.6 is 0 Å². The number of nitrogens with zero attached hydrogens (tertiary/aromatic N) is 4. The van der Waals surface area contributed by atoms with Gasteiger partial charge in [0.15, 0.2) is 17.5 Å². The minimum Gasteiger partial charge on any atom is -0.456 e. The van der Waals surface area contributed by atoms with Crippen molar-refractivity contribution in [1.29, 1.82) is 0 Å². The van der Waals surface area contributed by atoms with Gasteiger partial charge in [-0.2, -0.15) is 0 Å². The van der Waals surface area contributed by atoms with E-state index < -0.39 is 0 Å². The highest BCUT2D eigenvalue weighted by Crippen LogP contribution is 2.45. The number of para-hydroxylation sites is 3. The van der Waals surface area contributed by atoms with Crippen molar-refractivity contribution in [3.05, 3.63) is 218 Å². The molecule has 0 aliphatic carbocycles. The molecular formula is C57H36N4O. The summed E-state index contributed by atoms with van der Waals surface area (Å²) in [7, 11) is 0. The van der Waals surface area contributed by atoms with Crippen molar-refractivity contribution in [2.45, 2.75) is 0 Å². The van der Waals surface area contributed by atoms with E-state index in [0.29, 0.717) is 17.5 Å². The molecule has 0 N–H and O–H groups in total. The molecule has 9 aromatic carbocycles. The zero-order chi connectivity index (χ0) is 41.0. The molecule has 0 atom stereocenters. The van der Waals surface area contributed by atoms with Crippen LogP contribution in [0.15, 0.2) is 223 Å². The molecule has 12 aromatic rings. The molecule has 0 fully saturated rings. The van der Waals surface area contributed by atoms with E-state index in [2.05, 4.69) is 162 Å². The second kappa shape index (κ2) is 14.7. The molecular weight excluding hydrogens is 757 g/mol. The minimum atomic E-state index is 0.618. The van der Waals surface area contributed by atoms with Crippen LogP contribution in [-0.4, -0.2) is 19.5 Å². The SMILES string of the molecule is c1ccc(-c2nc(-c3ccccc3)nc(-c3cccc(-c4ccc5c(c4)oc4cccc(-c6ccccc6-c6cccc7c8ccccc8n(-c8ccccc8)c67)c45)c3)n2)cc1. The number of hydrogen-bond donors (Lipinski definition) is 0. The maximum absolute atomic E-state index is 6.72. The van der Waals surface area contributed by atoms with Gasteiger partial charge in [-0.3, -0.25) is 0 Å². The van der Waals surface area contributed by atoms with Gasteiger partial charge in [-0.05, 0) is 70.3 Å². The monoisotopic (exact) mass is 792 g/mol. The van der Waals surface area contributed by atoms with Gasteiger partial charge in [0.05, 0.1) is 11.0 Å². The lowest BCUT2D eigenvalue weighted by molar-refractivity contribution is 0.669.